The number of benzene rings is 2. The third kappa shape index (κ3) is 2.58. The summed E-state index contributed by atoms with van der Waals surface area (Å²) >= 11 is 5.22. The number of rotatable bonds is 2. The SMILES string of the molecule is Brc1ccc2nc(Nc3cccc4c3CCCC4)sc2c1. The lowest BCUT2D eigenvalue weighted by atomic mass is 9.90. The van der Waals surface area contributed by atoms with Crippen LogP contribution in [0.4, 0.5) is 10.8 Å². The zero-order valence-corrected chi connectivity index (χ0v) is 13.9. The van der Waals surface area contributed by atoms with Gasteiger partial charge >= 0.3 is 0 Å². The Morgan fingerprint density at radius 2 is 2.00 bits per heavy atom. The molecule has 0 saturated heterocycles. The summed E-state index contributed by atoms with van der Waals surface area (Å²) in [7, 11) is 0. The zero-order valence-electron chi connectivity index (χ0n) is 11.5. The monoisotopic (exact) mass is 358 g/mol. The lowest BCUT2D eigenvalue weighted by Gasteiger charge is -2.19. The van der Waals surface area contributed by atoms with Gasteiger partial charge < -0.3 is 5.32 Å². The molecule has 4 rings (SSSR count). The molecule has 0 bridgehead atoms. The standard InChI is InChI=1S/C17H15BrN2S/c18-12-8-9-15-16(10-12)21-17(20-15)19-14-7-3-5-11-4-1-2-6-13(11)14/h3,5,7-10H,1-2,4,6H2,(H,19,20). The molecule has 2 aromatic carbocycles. The Morgan fingerprint density at radius 1 is 1.10 bits per heavy atom. The molecule has 1 aliphatic carbocycles. The van der Waals surface area contributed by atoms with E-state index in [-0.39, 0.29) is 0 Å². The van der Waals surface area contributed by atoms with Crippen LogP contribution in [-0.4, -0.2) is 4.98 Å². The van der Waals surface area contributed by atoms with E-state index in [4.69, 9.17) is 0 Å². The summed E-state index contributed by atoms with van der Waals surface area (Å²) in [5.74, 6) is 0. The highest BCUT2D eigenvalue weighted by molar-refractivity contribution is 9.10. The van der Waals surface area contributed by atoms with Crippen LogP contribution in [-0.2, 0) is 12.8 Å². The van der Waals surface area contributed by atoms with E-state index in [1.807, 2.05) is 6.07 Å². The maximum atomic E-state index is 4.68. The van der Waals surface area contributed by atoms with Gasteiger partial charge in [0.1, 0.15) is 0 Å². The molecule has 0 atom stereocenters. The van der Waals surface area contributed by atoms with E-state index < -0.39 is 0 Å². The molecule has 1 N–H and O–H groups in total. The van der Waals surface area contributed by atoms with Gasteiger partial charge in [-0.2, -0.15) is 0 Å². The topological polar surface area (TPSA) is 24.9 Å². The van der Waals surface area contributed by atoms with Gasteiger partial charge in [0.15, 0.2) is 5.13 Å². The number of fused-ring (bicyclic) bond motifs is 2. The van der Waals surface area contributed by atoms with E-state index in [1.165, 1.54) is 47.2 Å². The van der Waals surface area contributed by atoms with Gasteiger partial charge in [-0.05, 0) is 61.1 Å². The number of nitrogens with one attached hydrogen (secondary N) is 1. The molecule has 0 radical (unpaired) electrons. The number of halogens is 1. The van der Waals surface area contributed by atoms with Crippen molar-refractivity contribution in [2.45, 2.75) is 25.7 Å². The van der Waals surface area contributed by atoms with Crippen LogP contribution < -0.4 is 5.32 Å². The Bertz CT molecular complexity index is 810. The number of anilines is 2. The lowest BCUT2D eigenvalue weighted by Crippen LogP contribution is -2.05. The Balaban J connectivity index is 1.71. The molecule has 0 saturated carbocycles. The van der Waals surface area contributed by atoms with Crippen LogP contribution in [0.2, 0.25) is 0 Å². The molecule has 0 spiro atoms. The minimum Gasteiger partial charge on any atom is -0.331 e. The number of hydrogen-bond donors (Lipinski definition) is 1. The van der Waals surface area contributed by atoms with Gasteiger partial charge in [0.2, 0.25) is 0 Å². The van der Waals surface area contributed by atoms with E-state index in [0.717, 1.165) is 15.1 Å². The van der Waals surface area contributed by atoms with Crippen LogP contribution in [0.5, 0.6) is 0 Å². The van der Waals surface area contributed by atoms with E-state index in [0.29, 0.717) is 0 Å². The Hall–Kier alpha value is -1.39. The van der Waals surface area contributed by atoms with Crippen molar-refractivity contribution in [3.05, 3.63) is 52.0 Å². The largest absolute Gasteiger partial charge is 0.331 e. The van der Waals surface area contributed by atoms with E-state index in [2.05, 4.69) is 56.6 Å². The smallest absolute Gasteiger partial charge is 0.188 e. The highest BCUT2D eigenvalue weighted by Crippen LogP contribution is 2.33. The molecule has 21 heavy (non-hydrogen) atoms. The fraction of sp³-hybridized carbons (Fsp3) is 0.235. The molecule has 1 aromatic heterocycles. The zero-order chi connectivity index (χ0) is 14.2. The first-order valence-electron chi connectivity index (χ1n) is 7.23. The van der Waals surface area contributed by atoms with Crippen molar-refractivity contribution in [1.82, 2.24) is 4.98 Å². The highest BCUT2D eigenvalue weighted by atomic mass is 79.9. The van der Waals surface area contributed by atoms with Gasteiger partial charge in [0, 0.05) is 10.2 Å². The second kappa shape index (κ2) is 5.43. The molecule has 0 unspecified atom stereocenters. The molecule has 106 valence electrons. The first kappa shape index (κ1) is 13.3. The predicted molar refractivity (Wildman–Crippen MR) is 93.7 cm³/mol. The summed E-state index contributed by atoms with van der Waals surface area (Å²) in [6.45, 7) is 0. The third-order valence-corrected chi connectivity index (χ3v) is 5.41. The van der Waals surface area contributed by atoms with Crippen molar-refractivity contribution < 1.29 is 0 Å². The predicted octanol–water partition coefficient (Wildman–Crippen LogP) is 5.68. The van der Waals surface area contributed by atoms with Crippen molar-refractivity contribution in [3.63, 3.8) is 0 Å². The number of thiazole rings is 1. The average molecular weight is 359 g/mol. The molecule has 0 aliphatic heterocycles. The average Bonchev–Trinajstić information content (AvgIpc) is 2.89. The first-order chi connectivity index (χ1) is 10.3. The highest BCUT2D eigenvalue weighted by Gasteiger charge is 2.14. The van der Waals surface area contributed by atoms with Crippen molar-refractivity contribution in [2.24, 2.45) is 0 Å². The number of hydrogen-bond acceptors (Lipinski definition) is 3. The fourth-order valence-electron chi connectivity index (χ4n) is 2.97. The summed E-state index contributed by atoms with van der Waals surface area (Å²) in [4.78, 5) is 4.68. The van der Waals surface area contributed by atoms with Crippen LogP contribution >= 0.6 is 27.3 Å². The summed E-state index contributed by atoms with van der Waals surface area (Å²) in [5, 5.41) is 4.51. The molecule has 1 aliphatic rings. The molecule has 3 aromatic rings. The van der Waals surface area contributed by atoms with Gasteiger partial charge in [-0.1, -0.05) is 39.4 Å². The van der Waals surface area contributed by atoms with Crippen LogP contribution in [0.1, 0.15) is 24.0 Å². The van der Waals surface area contributed by atoms with Gasteiger partial charge in [-0.25, -0.2) is 4.98 Å². The minimum atomic E-state index is 0.974. The molecule has 2 nitrogen and oxygen atoms in total. The Labute approximate surface area is 136 Å². The molecular formula is C17H15BrN2S. The molecule has 4 heteroatoms. The summed E-state index contributed by atoms with van der Waals surface area (Å²) in [6.07, 6.45) is 4.98. The molecule has 0 fully saturated rings. The quantitative estimate of drug-likeness (QED) is 0.637. The van der Waals surface area contributed by atoms with Crippen LogP contribution in [0.25, 0.3) is 10.2 Å². The maximum Gasteiger partial charge on any atom is 0.188 e. The normalized spacial score (nSPS) is 14.1. The maximum absolute atomic E-state index is 4.68. The number of aryl methyl sites for hydroxylation is 1. The van der Waals surface area contributed by atoms with Crippen molar-refractivity contribution in [3.8, 4) is 0 Å². The summed E-state index contributed by atoms with van der Waals surface area (Å²) in [6, 6.07) is 12.8. The molecular weight excluding hydrogens is 344 g/mol. The number of nitrogens with zero attached hydrogens (tertiary/aromatic N) is 1. The van der Waals surface area contributed by atoms with Crippen LogP contribution in [0.3, 0.4) is 0 Å². The van der Waals surface area contributed by atoms with Crippen LogP contribution in [0, 0.1) is 0 Å². The lowest BCUT2D eigenvalue weighted by molar-refractivity contribution is 0.687. The first-order valence-corrected chi connectivity index (χ1v) is 8.84. The second-order valence-electron chi connectivity index (χ2n) is 5.41. The second-order valence-corrected chi connectivity index (χ2v) is 7.35. The van der Waals surface area contributed by atoms with Crippen molar-refractivity contribution >= 4 is 48.3 Å². The van der Waals surface area contributed by atoms with Gasteiger partial charge in [-0.3, -0.25) is 0 Å². The van der Waals surface area contributed by atoms with E-state index in [1.54, 1.807) is 11.3 Å². The van der Waals surface area contributed by atoms with E-state index in [9.17, 15) is 0 Å². The molecule has 1 heterocycles. The van der Waals surface area contributed by atoms with Crippen LogP contribution in [0.15, 0.2) is 40.9 Å². The van der Waals surface area contributed by atoms with Gasteiger partial charge in [0.05, 0.1) is 10.2 Å². The number of aromatic nitrogens is 1. The van der Waals surface area contributed by atoms with Gasteiger partial charge in [0.25, 0.3) is 0 Å². The summed E-state index contributed by atoms with van der Waals surface area (Å²) < 4.78 is 2.30. The minimum absolute atomic E-state index is 0.974. The van der Waals surface area contributed by atoms with Crippen molar-refractivity contribution in [2.75, 3.05) is 5.32 Å². The van der Waals surface area contributed by atoms with Gasteiger partial charge in [-0.15, -0.1) is 0 Å². The van der Waals surface area contributed by atoms with E-state index >= 15 is 0 Å². The van der Waals surface area contributed by atoms with Crippen molar-refractivity contribution in [1.29, 1.82) is 0 Å². The third-order valence-electron chi connectivity index (χ3n) is 3.99. The Kier molecular flexibility index (Phi) is 3.43. The summed E-state index contributed by atoms with van der Waals surface area (Å²) in [5.41, 5.74) is 5.25. The Morgan fingerprint density at radius 3 is 2.95 bits per heavy atom. The fourth-order valence-corrected chi connectivity index (χ4v) is 4.40. The molecule has 0 amide bonds.